The molecule has 19 heavy (non-hydrogen) atoms. The van der Waals surface area contributed by atoms with Gasteiger partial charge in [0.2, 0.25) is 0 Å². The smallest absolute Gasteiger partial charge is 0.258 e. The van der Waals surface area contributed by atoms with Gasteiger partial charge in [-0.05, 0) is 42.8 Å². The Morgan fingerprint density at radius 2 is 1.79 bits per heavy atom. The molecule has 0 fully saturated rings. The second-order valence-electron chi connectivity index (χ2n) is 4.07. The average molecular weight is 359 g/mol. The maximum Gasteiger partial charge on any atom is 0.258 e. The fraction of sp³-hybridized carbons (Fsp3) is 0.0714. The summed E-state index contributed by atoms with van der Waals surface area (Å²) in [7, 11) is 0. The number of aryl methyl sites for hydroxylation is 1. The van der Waals surface area contributed by atoms with Gasteiger partial charge in [-0.1, -0.05) is 45.2 Å². The Kier molecular flexibility index (Phi) is 4.50. The van der Waals surface area contributed by atoms with Crippen LogP contribution in [0.5, 0.6) is 0 Å². The van der Waals surface area contributed by atoms with Crippen molar-refractivity contribution in [2.45, 2.75) is 6.92 Å². The molecule has 2 nitrogen and oxygen atoms in total. The minimum atomic E-state index is -0.326. The maximum atomic E-state index is 12.2. The SMILES string of the molecule is Cc1cc(Br)cc(NC(=O)c2c(Cl)cccc2Cl)c1. The number of amides is 1. The molecule has 0 saturated carbocycles. The Morgan fingerprint density at radius 3 is 2.37 bits per heavy atom. The third-order valence-electron chi connectivity index (χ3n) is 2.49. The molecule has 0 heterocycles. The van der Waals surface area contributed by atoms with E-state index < -0.39 is 0 Å². The lowest BCUT2D eigenvalue weighted by Gasteiger charge is -2.09. The fourth-order valence-electron chi connectivity index (χ4n) is 1.72. The van der Waals surface area contributed by atoms with E-state index in [-0.39, 0.29) is 11.5 Å². The molecule has 5 heteroatoms. The van der Waals surface area contributed by atoms with Crippen LogP contribution in [0.3, 0.4) is 0 Å². The molecule has 0 spiro atoms. The number of benzene rings is 2. The molecule has 0 aliphatic rings. The molecule has 0 aromatic heterocycles. The molecule has 2 rings (SSSR count). The van der Waals surface area contributed by atoms with Crippen LogP contribution in [-0.2, 0) is 0 Å². The molecule has 2 aromatic rings. The number of anilines is 1. The normalized spacial score (nSPS) is 10.3. The second-order valence-corrected chi connectivity index (χ2v) is 5.80. The summed E-state index contributed by atoms with van der Waals surface area (Å²) in [6.45, 7) is 1.95. The molecule has 1 N–H and O–H groups in total. The van der Waals surface area contributed by atoms with Gasteiger partial charge in [-0.2, -0.15) is 0 Å². The van der Waals surface area contributed by atoms with Gasteiger partial charge >= 0.3 is 0 Å². The topological polar surface area (TPSA) is 29.1 Å². The van der Waals surface area contributed by atoms with E-state index in [1.165, 1.54) is 0 Å². The molecular weight excluding hydrogens is 349 g/mol. The van der Waals surface area contributed by atoms with Crippen LogP contribution in [0.2, 0.25) is 10.0 Å². The van der Waals surface area contributed by atoms with Crippen molar-refractivity contribution in [2.24, 2.45) is 0 Å². The van der Waals surface area contributed by atoms with E-state index in [1.54, 1.807) is 18.2 Å². The van der Waals surface area contributed by atoms with Crippen molar-refractivity contribution in [1.82, 2.24) is 0 Å². The Bertz CT molecular complexity index is 603. The number of rotatable bonds is 2. The quantitative estimate of drug-likeness (QED) is 0.773. The summed E-state index contributed by atoms with van der Waals surface area (Å²) in [5.74, 6) is -0.326. The number of nitrogens with one attached hydrogen (secondary N) is 1. The van der Waals surface area contributed by atoms with Crippen molar-refractivity contribution in [1.29, 1.82) is 0 Å². The molecule has 1 amide bonds. The standard InChI is InChI=1S/C14H10BrCl2NO/c1-8-5-9(15)7-10(6-8)18-14(19)13-11(16)3-2-4-12(13)17/h2-7H,1H3,(H,18,19). The van der Waals surface area contributed by atoms with Crippen LogP contribution in [0.25, 0.3) is 0 Å². The summed E-state index contributed by atoms with van der Waals surface area (Å²) in [5.41, 5.74) is 2.01. The van der Waals surface area contributed by atoms with E-state index >= 15 is 0 Å². The maximum absolute atomic E-state index is 12.2. The number of hydrogen-bond acceptors (Lipinski definition) is 1. The summed E-state index contributed by atoms with van der Waals surface area (Å²) in [5, 5.41) is 3.44. The van der Waals surface area contributed by atoms with E-state index in [4.69, 9.17) is 23.2 Å². The van der Waals surface area contributed by atoms with Gasteiger partial charge in [-0.15, -0.1) is 0 Å². The Balaban J connectivity index is 2.31. The second kappa shape index (κ2) is 5.95. The van der Waals surface area contributed by atoms with Gasteiger partial charge in [0.05, 0.1) is 15.6 Å². The van der Waals surface area contributed by atoms with E-state index in [2.05, 4.69) is 21.2 Å². The Morgan fingerprint density at radius 1 is 1.16 bits per heavy atom. The Labute approximate surface area is 129 Å². The highest BCUT2D eigenvalue weighted by atomic mass is 79.9. The van der Waals surface area contributed by atoms with E-state index in [1.807, 2.05) is 25.1 Å². The number of carbonyl (C=O) groups is 1. The molecule has 98 valence electrons. The van der Waals surface area contributed by atoms with Gasteiger partial charge in [-0.3, -0.25) is 4.79 Å². The van der Waals surface area contributed by atoms with Gasteiger partial charge in [0.15, 0.2) is 0 Å². The average Bonchev–Trinajstić information content (AvgIpc) is 2.26. The highest BCUT2D eigenvalue weighted by molar-refractivity contribution is 9.10. The lowest BCUT2D eigenvalue weighted by Crippen LogP contribution is -2.13. The largest absolute Gasteiger partial charge is 0.322 e. The van der Waals surface area contributed by atoms with Gasteiger partial charge in [0.1, 0.15) is 0 Å². The summed E-state index contributed by atoms with van der Waals surface area (Å²) in [6, 6.07) is 10.6. The van der Waals surface area contributed by atoms with Gasteiger partial charge in [-0.25, -0.2) is 0 Å². The van der Waals surface area contributed by atoms with Crippen molar-refractivity contribution in [2.75, 3.05) is 5.32 Å². The number of carbonyl (C=O) groups excluding carboxylic acids is 1. The van der Waals surface area contributed by atoms with E-state index in [0.29, 0.717) is 15.7 Å². The van der Waals surface area contributed by atoms with E-state index in [0.717, 1.165) is 10.0 Å². The van der Waals surface area contributed by atoms with Crippen molar-refractivity contribution in [3.63, 3.8) is 0 Å². The van der Waals surface area contributed by atoms with Crippen molar-refractivity contribution in [3.05, 3.63) is 62.0 Å². The molecule has 0 aliphatic carbocycles. The minimum Gasteiger partial charge on any atom is -0.322 e. The molecule has 0 radical (unpaired) electrons. The zero-order valence-corrected chi connectivity index (χ0v) is 13.1. The van der Waals surface area contributed by atoms with Gasteiger partial charge in [0.25, 0.3) is 5.91 Å². The third-order valence-corrected chi connectivity index (χ3v) is 3.58. The van der Waals surface area contributed by atoms with Crippen LogP contribution in [0.15, 0.2) is 40.9 Å². The van der Waals surface area contributed by atoms with Gasteiger partial charge in [0, 0.05) is 10.2 Å². The highest BCUT2D eigenvalue weighted by Crippen LogP contribution is 2.26. The number of halogens is 3. The molecule has 0 unspecified atom stereocenters. The van der Waals surface area contributed by atoms with Crippen LogP contribution >= 0.6 is 39.1 Å². The molecular formula is C14H10BrCl2NO. The third kappa shape index (κ3) is 3.50. The van der Waals surface area contributed by atoms with Crippen LogP contribution in [0, 0.1) is 6.92 Å². The molecule has 0 aliphatic heterocycles. The predicted molar refractivity (Wildman–Crippen MR) is 83.3 cm³/mol. The lowest BCUT2D eigenvalue weighted by molar-refractivity contribution is 0.102. The zero-order valence-electron chi connectivity index (χ0n) is 10.0. The first-order chi connectivity index (χ1) is 8.97. The Hall–Kier alpha value is -1.03. The van der Waals surface area contributed by atoms with Crippen molar-refractivity contribution in [3.8, 4) is 0 Å². The van der Waals surface area contributed by atoms with Crippen LogP contribution in [-0.4, -0.2) is 5.91 Å². The highest BCUT2D eigenvalue weighted by Gasteiger charge is 2.14. The van der Waals surface area contributed by atoms with Crippen LogP contribution in [0.1, 0.15) is 15.9 Å². The predicted octanol–water partition coefficient (Wildman–Crippen LogP) is 5.32. The monoisotopic (exact) mass is 357 g/mol. The van der Waals surface area contributed by atoms with Crippen LogP contribution < -0.4 is 5.32 Å². The molecule has 0 atom stereocenters. The molecule has 2 aromatic carbocycles. The summed E-state index contributed by atoms with van der Waals surface area (Å²) < 4.78 is 0.896. The summed E-state index contributed by atoms with van der Waals surface area (Å²) in [4.78, 5) is 12.2. The minimum absolute atomic E-state index is 0.281. The first-order valence-electron chi connectivity index (χ1n) is 5.50. The number of hydrogen-bond donors (Lipinski definition) is 1. The molecule has 0 saturated heterocycles. The van der Waals surface area contributed by atoms with Gasteiger partial charge < -0.3 is 5.32 Å². The van der Waals surface area contributed by atoms with Crippen LogP contribution in [0.4, 0.5) is 5.69 Å². The first kappa shape index (κ1) is 14.4. The van der Waals surface area contributed by atoms with E-state index in [9.17, 15) is 4.79 Å². The lowest BCUT2D eigenvalue weighted by atomic mass is 10.2. The first-order valence-corrected chi connectivity index (χ1v) is 7.05. The summed E-state index contributed by atoms with van der Waals surface area (Å²) in [6.07, 6.45) is 0. The van der Waals surface area contributed by atoms with Crippen molar-refractivity contribution < 1.29 is 4.79 Å². The summed E-state index contributed by atoms with van der Waals surface area (Å²) >= 11 is 15.4. The van der Waals surface area contributed by atoms with Crippen molar-refractivity contribution >= 4 is 50.7 Å². The zero-order chi connectivity index (χ0) is 14.0. The fourth-order valence-corrected chi connectivity index (χ4v) is 2.89. The molecule has 0 bridgehead atoms.